The molecule has 0 aromatic heterocycles. The minimum absolute atomic E-state index is 0.0245. The van der Waals surface area contributed by atoms with Gasteiger partial charge in [0.2, 0.25) is 5.78 Å². The number of ether oxygens (including phenoxy) is 1. The molecule has 4 atom stereocenters. The highest BCUT2D eigenvalue weighted by atomic mass is 19.1. The second-order valence-electron chi connectivity index (χ2n) is 11.5. The Morgan fingerprint density at radius 3 is 2.52 bits per heavy atom. The van der Waals surface area contributed by atoms with E-state index >= 15 is 4.39 Å². The van der Waals surface area contributed by atoms with Crippen molar-refractivity contribution in [3.63, 3.8) is 0 Å². The van der Waals surface area contributed by atoms with Gasteiger partial charge in [-0.15, -0.1) is 0 Å². The molecule has 1 heterocycles. The zero-order valence-electron chi connectivity index (χ0n) is 23.0. The fourth-order valence-corrected chi connectivity index (χ4v) is 6.95. The Balaban J connectivity index is 1.68. The van der Waals surface area contributed by atoms with Gasteiger partial charge in [-0.25, -0.2) is 4.39 Å². The van der Waals surface area contributed by atoms with Crippen molar-refractivity contribution < 1.29 is 38.8 Å². The van der Waals surface area contributed by atoms with Gasteiger partial charge in [-0.05, 0) is 71.3 Å². The molecular weight excluding hydrogens is 521 g/mol. The lowest BCUT2D eigenvalue weighted by Crippen LogP contribution is -2.65. The van der Waals surface area contributed by atoms with E-state index in [0.717, 1.165) is 25.9 Å². The molecule has 40 heavy (non-hydrogen) atoms. The summed E-state index contributed by atoms with van der Waals surface area (Å²) in [4.78, 5) is 43.0. The molecule has 5 rings (SSSR count). The van der Waals surface area contributed by atoms with Gasteiger partial charge in [0.25, 0.3) is 5.91 Å². The molecule has 1 saturated carbocycles. The maximum atomic E-state index is 16.1. The van der Waals surface area contributed by atoms with Crippen molar-refractivity contribution in [3.05, 3.63) is 45.5 Å². The van der Waals surface area contributed by atoms with Crippen LogP contribution in [0.3, 0.4) is 0 Å². The smallest absolute Gasteiger partial charge is 0.255 e. The van der Waals surface area contributed by atoms with Gasteiger partial charge in [-0.2, -0.15) is 0 Å². The predicted octanol–water partition coefficient (Wildman–Crippen LogP) is 1.78. The quantitative estimate of drug-likeness (QED) is 0.368. The number of aliphatic hydroxyl groups is 3. The summed E-state index contributed by atoms with van der Waals surface area (Å²) >= 11 is 0. The number of aliphatic hydroxyl groups excluding tert-OH is 2. The van der Waals surface area contributed by atoms with Crippen molar-refractivity contribution in [1.82, 2.24) is 9.80 Å². The van der Waals surface area contributed by atoms with E-state index in [1.54, 1.807) is 20.2 Å². The number of nitrogens with zero attached hydrogens (tertiary/aromatic N) is 2. The van der Waals surface area contributed by atoms with E-state index in [2.05, 4.69) is 4.90 Å². The number of nitrogens with two attached hydrogens (primary N) is 1. The number of amides is 1. The number of ketones is 2. The van der Waals surface area contributed by atoms with Crippen LogP contribution in [0.1, 0.15) is 49.3 Å². The van der Waals surface area contributed by atoms with Crippen LogP contribution in [0, 0.1) is 17.7 Å². The number of likely N-dealkylation sites (N-methyl/N-ethyl adjacent to an activating group) is 1. The van der Waals surface area contributed by atoms with Gasteiger partial charge in [0, 0.05) is 29.2 Å². The largest absolute Gasteiger partial charge is 0.508 e. The van der Waals surface area contributed by atoms with Crippen molar-refractivity contribution in [2.75, 3.05) is 33.8 Å². The van der Waals surface area contributed by atoms with Crippen LogP contribution in [0.4, 0.5) is 4.39 Å². The Bertz CT molecular complexity index is 1350. The van der Waals surface area contributed by atoms with Gasteiger partial charge in [-0.3, -0.25) is 24.2 Å². The van der Waals surface area contributed by atoms with E-state index in [1.807, 2.05) is 6.92 Å². The molecule has 1 aliphatic heterocycles. The van der Waals surface area contributed by atoms with Gasteiger partial charge >= 0.3 is 0 Å². The lowest BCUT2D eigenvalue weighted by Gasteiger charge is -2.50. The molecule has 10 nitrogen and oxygen atoms in total. The van der Waals surface area contributed by atoms with Crippen molar-refractivity contribution in [1.29, 1.82) is 0 Å². The Kier molecular flexibility index (Phi) is 7.26. The fraction of sp³-hybridized carbons (Fsp3) is 0.552. The molecule has 1 saturated heterocycles. The summed E-state index contributed by atoms with van der Waals surface area (Å²) in [6.07, 6.45) is 2.72. The van der Waals surface area contributed by atoms with Crippen LogP contribution in [0.25, 0.3) is 5.76 Å². The van der Waals surface area contributed by atoms with E-state index in [9.17, 15) is 29.7 Å². The number of benzene rings is 1. The lowest BCUT2D eigenvalue weighted by molar-refractivity contribution is -0.153. The SMILES string of the molecule is CCCOc1cc(CN2CCCC2)c(F)c2c1C(O)=C1C(=O)C3(O)C(O)=C(C(N)=O)C(=O)C(N(C)C)C3CC1C2. The number of rotatable bonds is 7. The fourth-order valence-electron chi connectivity index (χ4n) is 6.95. The van der Waals surface area contributed by atoms with E-state index in [0.29, 0.717) is 25.1 Å². The van der Waals surface area contributed by atoms with Crippen LogP contribution in [-0.2, 0) is 27.3 Å². The van der Waals surface area contributed by atoms with Gasteiger partial charge in [0.05, 0.1) is 18.2 Å². The zero-order chi connectivity index (χ0) is 29.1. The Morgan fingerprint density at radius 1 is 1.25 bits per heavy atom. The first-order chi connectivity index (χ1) is 18.9. The number of fused-ring (bicyclic) bond motifs is 3. The predicted molar refractivity (Wildman–Crippen MR) is 143 cm³/mol. The minimum Gasteiger partial charge on any atom is -0.508 e. The zero-order valence-corrected chi connectivity index (χ0v) is 23.0. The summed E-state index contributed by atoms with van der Waals surface area (Å²) in [5.41, 5.74) is 2.36. The number of carbonyl (C=O) groups is 3. The maximum absolute atomic E-state index is 16.1. The number of Topliss-reactive ketones (excluding diaryl/α,β-unsaturated/α-hetero) is 2. The Morgan fingerprint density at radius 2 is 1.93 bits per heavy atom. The normalized spacial score (nSPS) is 28.6. The third kappa shape index (κ3) is 4.13. The second-order valence-corrected chi connectivity index (χ2v) is 11.5. The lowest BCUT2D eigenvalue weighted by atomic mass is 9.57. The molecular formula is C29H36FN3O7. The first kappa shape index (κ1) is 28.3. The molecule has 2 fully saturated rings. The molecule has 0 bridgehead atoms. The average Bonchev–Trinajstić information content (AvgIpc) is 3.40. The van der Waals surface area contributed by atoms with Gasteiger partial charge < -0.3 is 25.8 Å². The van der Waals surface area contributed by atoms with E-state index in [1.165, 1.54) is 4.90 Å². The first-order valence-electron chi connectivity index (χ1n) is 13.8. The highest BCUT2D eigenvalue weighted by Gasteiger charge is 2.64. The number of carbonyl (C=O) groups excluding carboxylic acids is 3. The minimum atomic E-state index is -2.68. The molecule has 0 spiro atoms. The standard InChI is InChI=1S/C29H36FN3O7/c1-4-9-40-18-12-15(13-33-7-5-6-8-33)22(30)16-10-14-11-17-23(32(2)3)25(35)21(28(31)38)27(37)29(17,39)26(36)19(14)24(34)20(16)18/h12,14,17,23,34,37,39H,4-11,13H2,1-3H3,(H2,31,38). The number of halogens is 1. The van der Waals surface area contributed by atoms with E-state index in [-0.39, 0.29) is 35.3 Å². The number of hydrogen-bond acceptors (Lipinski definition) is 9. The molecule has 5 N–H and O–H groups in total. The highest BCUT2D eigenvalue weighted by molar-refractivity contribution is 6.24. The number of likely N-dealkylation sites (tertiary alicyclic amines) is 1. The van der Waals surface area contributed by atoms with Crippen LogP contribution in [0.2, 0.25) is 0 Å². The molecule has 11 heteroatoms. The second kappa shape index (κ2) is 10.3. The monoisotopic (exact) mass is 557 g/mol. The Hall–Kier alpha value is -3.28. The van der Waals surface area contributed by atoms with Crippen LogP contribution in [0.15, 0.2) is 23.0 Å². The molecule has 1 aromatic rings. The first-order valence-corrected chi connectivity index (χ1v) is 13.8. The summed E-state index contributed by atoms with van der Waals surface area (Å²) in [6, 6.07) is 0.404. The Labute approximate surface area is 231 Å². The summed E-state index contributed by atoms with van der Waals surface area (Å²) in [5.74, 6) is -6.93. The molecule has 216 valence electrons. The molecule has 0 radical (unpaired) electrons. The van der Waals surface area contributed by atoms with Crippen LogP contribution in [0.5, 0.6) is 5.75 Å². The molecule has 1 aromatic carbocycles. The van der Waals surface area contributed by atoms with Crippen LogP contribution < -0.4 is 10.5 Å². The van der Waals surface area contributed by atoms with E-state index < -0.39 is 63.9 Å². The van der Waals surface area contributed by atoms with Crippen molar-refractivity contribution in [3.8, 4) is 5.75 Å². The topological polar surface area (TPSA) is 154 Å². The van der Waals surface area contributed by atoms with Crippen LogP contribution in [-0.4, -0.2) is 88.0 Å². The third-order valence-electron chi connectivity index (χ3n) is 8.77. The average molecular weight is 558 g/mol. The van der Waals surface area contributed by atoms with Crippen molar-refractivity contribution in [2.24, 2.45) is 17.6 Å². The van der Waals surface area contributed by atoms with Crippen molar-refractivity contribution in [2.45, 2.75) is 57.2 Å². The van der Waals surface area contributed by atoms with Gasteiger partial charge in [0.15, 0.2) is 11.4 Å². The summed E-state index contributed by atoms with van der Waals surface area (Å²) in [5, 5.41) is 34.2. The van der Waals surface area contributed by atoms with E-state index in [4.69, 9.17) is 10.5 Å². The molecule has 3 aliphatic carbocycles. The third-order valence-corrected chi connectivity index (χ3v) is 8.77. The van der Waals surface area contributed by atoms with Gasteiger partial charge in [0.1, 0.15) is 28.7 Å². The molecule has 4 unspecified atom stereocenters. The van der Waals surface area contributed by atoms with Crippen LogP contribution >= 0.6 is 0 Å². The summed E-state index contributed by atoms with van der Waals surface area (Å²) in [7, 11) is 3.10. The number of primary amides is 1. The summed E-state index contributed by atoms with van der Waals surface area (Å²) < 4.78 is 22.0. The number of hydrogen-bond donors (Lipinski definition) is 4. The molecule has 4 aliphatic rings. The summed E-state index contributed by atoms with van der Waals surface area (Å²) in [6.45, 7) is 4.31. The van der Waals surface area contributed by atoms with Gasteiger partial charge in [-0.1, -0.05) is 6.92 Å². The van der Waals surface area contributed by atoms with Crippen molar-refractivity contribution >= 4 is 23.2 Å². The molecule has 1 amide bonds. The maximum Gasteiger partial charge on any atom is 0.255 e. The highest BCUT2D eigenvalue weighted by Crippen LogP contribution is 2.53.